The Hall–Kier alpha value is 0.359. The second kappa shape index (κ2) is 11.8. The van der Waals surface area contributed by atoms with Crippen LogP contribution in [0.4, 0.5) is 0 Å². The fourth-order valence-corrected chi connectivity index (χ4v) is 3.14. The van der Waals surface area contributed by atoms with Gasteiger partial charge in [0, 0.05) is 12.6 Å². The zero-order valence-corrected chi connectivity index (χ0v) is 15.8. The summed E-state index contributed by atoms with van der Waals surface area (Å²) in [6.07, 6.45) is 7.89. The van der Waals surface area contributed by atoms with Gasteiger partial charge in [0.2, 0.25) is 0 Å². The number of aliphatic hydroxyl groups excluding tert-OH is 1. The Bertz CT molecular complexity index is 239. The van der Waals surface area contributed by atoms with Crippen LogP contribution in [0.1, 0.15) is 59.3 Å². The minimum absolute atomic E-state index is 0. The molecule has 5 heteroatoms. The molecule has 1 radical (unpaired) electrons. The van der Waals surface area contributed by atoms with Crippen molar-refractivity contribution in [3.8, 4) is 0 Å². The molecule has 0 aliphatic carbocycles. The van der Waals surface area contributed by atoms with Gasteiger partial charge in [-0.3, -0.25) is 0 Å². The second-order valence-electron chi connectivity index (χ2n) is 7.19. The van der Waals surface area contributed by atoms with E-state index >= 15 is 0 Å². The molecule has 135 valence electrons. The maximum absolute atomic E-state index is 7.00. The van der Waals surface area contributed by atoms with Gasteiger partial charge in [-0.2, -0.15) is 0 Å². The van der Waals surface area contributed by atoms with Crippen LogP contribution >= 0.6 is 0 Å². The normalized spacial score (nSPS) is 25.9. The van der Waals surface area contributed by atoms with Gasteiger partial charge in [0.1, 0.15) is 0 Å². The van der Waals surface area contributed by atoms with Crippen LogP contribution in [-0.4, -0.2) is 60.9 Å². The number of hydrogen-bond acceptors (Lipinski definition) is 2. The molecule has 0 spiro atoms. The van der Waals surface area contributed by atoms with E-state index < -0.39 is 0 Å². The largest absolute Gasteiger partial charge is 2.00 e. The first-order chi connectivity index (χ1) is 10.1. The zero-order valence-electron chi connectivity index (χ0n) is 14.8. The van der Waals surface area contributed by atoms with Crippen molar-refractivity contribution in [2.75, 3.05) is 33.3 Å². The van der Waals surface area contributed by atoms with Crippen molar-refractivity contribution in [2.24, 2.45) is 0 Å². The summed E-state index contributed by atoms with van der Waals surface area (Å²) in [7, 11) is 1.00. The van der Waals surface area contributed by atoms with Crippen molar-refractivity contribution >= 4 is 0 Å². The van der Waals surface area contributed by atoms with Gasteiger partial charge in [0.15, 0.2) is 0 Å². The molecule has 2 aliphatic rings. The summed E-state index contributed by atoms with van der Waals surface area (Å²) in [6.45, 7) is 11.4. The Kier molecular flexibility index (Phi) is 12.0. The fraction of sp³-hybridized carbons (Fsp3) is 1.00. The molecule has 0 aromatic carbocycles. The van der Waals surface area contributed by atoms with Gasteiger partial charge in [0.05, 0.1) is 0 Å². The average molecular weight is 361 g/mol. The van der Waals surface area contributed by atoms with Crippen LogP contribution in [0, 0.1) is 0 Å². The maximum atomic E-state index is 7.00. The Balaban J connectivity index is 0.00000141. The van der Waals surface area contributed by atoms with E-state index in [1.54, 1.807) is 0 Å². The Morgan fingerprint density at radius 1 is 0.864 bits per heavy atom. The summed E-state index contributed by atoms with van der Waals surface area (Å²) in [4.78, 5) is 2.63. The molecular formula is C17H35CuN3O. The molecule has 2 rings (SSSR count). The topological polar surface area (TPSA) is 51.7 Å². The van der Waals surface area contributed by atoms with Crippen LogP contribution in [-0.2, 0) is 17.1 Å². The first-order valence-electron chi connectivity index (χ1n) is 8.59. The SMILES string of the molecule is CC(C)(C)N(CC1CCCC[N-]1)CC1CCCC[N-]1.CO.[Cu+2]. The van der Waals surface area contributed by atoms with Gasteiger partial charge in [0.25, 0.3) is 0 Å². The van der Waals surface area contributed by atoms with Crippen LogP contribution in [0.15, 0.2) is 0 Å². The van der Waals surface area contributed by atoms with Crippen molar-refractivity contribution in [3.05, 3.63) is 10.6 Å². The Morgan fingerprint density at radius 2 is 1.27 bits per heavy atom. The van der Waals surface area contributed by atoms with Crippen molar-refractivity contribution < 1.29 is 22.2 Å². The predicted octanol–water partition coefficient (Wildman–Crippen LogP) is 3.55. The fourth-order valence-electron chi connectivity index (χ4n) is 3.14. The molecule has 2 atom stereocenters. The maximum Gasteiger partial charge on any atom is 2.00 e. The molecule has 2 fully saturated rings. The third kappa shape index (κ3) is 8.28. The predicted molar refractivity (Wildman–Crippen MR) is 91.2 cm³/mol. The van der Waals surface area contributed by atoms with Crippen LogP contribution in [0.25, 0.3) is 10.6 Å². The quantitative estimate of drug-likeness (QED) is 0.779. The van der Waals surface area contributed by atoms with Crippen molar-refractivity contribution in [3.63, 3.8) is 0 Å². The summed E-state index contributed by atoms with van der Waals surface area (Å²) < 4.78 is 0. The number of piperidine rings is 2. The van der Waals surface area contributed by atoms with Gasteiger partial charge in [-0.05, 0) is 33.9 Å². The number of hydrogen-bond donors (Lipinski definition) is 1. The third-order valence-corrected chi connectivity index (χ3v) is 4.48. The van der Waals surface area contributed by atoms with E-state index in [4.69, 9.17) is 15.7 Å². The van der Waals surface area contributed by atoms with E-state index in [9.17, 15) is 0 Å². The minimum atomic E-state index is 0. The smallest absolute Gasteiger partial charge is 0.658 e. The Morgan fingerprint density at radius 3 is 1.55 bits per heavy atom. The molecule has 1 N–H and O–H groups in total. The van der Waals surface area contributed by atoms with Gasteiger partial charge in [-0.25, -0.2) is 0 Å². The van der Waals surface area contributed by atoms with Crippen molar-refractivity contribution in [2.45, 2.75) is 76.9 Å². The first-order valence-corrected chi connectivity index (χ1v) is 8.59. The molecule has 2 saturated heterocycles. The molecule has 22 heavy (non-hydrogen) atoms. The van der Waals surface area contributed by atoms with E-state index in [-0.39, 0.29) is 22.6 Å². The molecule has 0 saturated carbocycles. The number of nitrogens with zero attached hydrogens (tertiary/aromatic N) is 3. The number of rotatable bonds is 4. The van der Waals surface area contributed by atoms with E-state index in [1.165, 1.54) is 38.5 Å². The Labute approximate surface area is 148 Å². The standard InChI is InChI=1S/C16H31N3.CH4O.Cu/c1-16(2,3)19(12-14-8-4-6-10-17-14)13-15-9-5-7-11-18-15;1-2;/h14-15H,4-13H2,1-3H3;2H,1H3;/q-2;;+2. The molecule has 0 aromatic heterocycles. The molecule has 4 nitrogen and oxygen atoms in total. The average Bonchev–Trinajstić information content (AvgIpc) is 2.50. The van der Waals surface area contributed by atoms with Crippen molar-refractivity contribution in [1.29, 1.82) is 0 Å². The van der Waals surface area contributed by atoms with Gasteiger partial charge in [-0.15, -0.1) is 25.2 Å². The van der Waals surface area contributed by atoms with Crippen LogP contribution in [0.5, 0.6) is 0 Å². The summed E-state index contributed by atoms with van der Waals surface area (Å²) >= 11 is 0. The summed E-state index contributed by atoms with van der Waals surface area (Å²) in [6, 6.07) is 1.13. The monoisotopic (exact) mass is 360 g/mol. The number of aliphatic hydroxyl groups is 1. The third-order valence-electron chi connectivity index (χ3n) is 4.48. The molecule has 0 aromatic rings. The molecular weight excluding hydrogens is 326 g/mol. The van der Waals surface area contributed by atoms with E-state index in [0.29, 0.717) is 12.1 Å². The van der Waals surface area contributed by atoms with Crippen molar-refractivity contribution in [1.82, 2.24) is 4.90 Å². The van der Waals surface area contributed by atoms with Gasteiger partial charge >= 0.3 is 17.1 Å². The molecule has 2 aliphatic heterocycles. The van der Waals surface area contributed by atoms with Crippen LogP contribution in [0.2, 0.25) is 0 Å². The summed E-state index contributed by atoms with van der Waals surface area (Å²) in [5, 5.41) is 16.6. The summed E-state index contributed by atoms with van der Waals surface area (Å²) in [5.74, 6) is 0. The van der Waals surface area contributed by atoms with Gasteiger partial charge in [-0.1, -0.05) is 38.5 Å². The van der Waals surface area contributed by atoms with E-state index in [1.807, 2.05) is 0 Å². The molecule has 0 bridgehead atoms. The van der Waals surface area contributed by atoms with E-state index in [0.717, 1.165) is 33.3 Å². The molecule has 2 heterocycles. The zero-order chi connectivity index (χ0) is 15.7. The summed E-state index contributed by atoms with van der Waals surface area (Å²) in [5.41, 5.74) is 0.236. The minimum Gasteiger partial charge on any atom is -0.658 e. The van der Waals surface area contributed by atoms with E-state index in [2.05, 4.69) is 25.7 Å². The molecule has 2 unspecified atom stereocenters. The first kappa shape index (κ1) is 22.4. The van der Waals surface area contributed by atoms with Crippen LogP contribution in [0.3, 0.4) is 0 Å². The second-order valence-corrected chi connectivity index (χ2v) is 7.19. The van der Waals surface area contributed by atoms with Crippen LogP contribution < -0.4 is 0 Å². The molecule has 0 amide bonds. The van der Waals surface area contributed by atoms with Gasteiger partial charge < -0.3 is 20.6 Å².